The third kappa shape index (κ3) is 3.32. The summed E-state index contributed by atoms with van der Waals surface area (Å²) in [7, 11) is 1.77. The quantitative estimate of drug-likeness (QED) is 0.823. The first-order valence-corrected chi connectivity index (χ1v) is 8.98. The number of hydrogen-bond donors (Lipinski definition) is 0. The molecule has 4 heterocycles. The van der Waals surface area contributed by atoms with E-state index < -0.39 is 0 Å². The average Bonchev–Trinajstić information content (AvgIpc) is 3.11. The van der Waals surface area contributed by atoms with Gasteiger partial charge >= 0.3 is 0 Å². The van der Waals surface area contributed by atoms with E-state index in [-0.39, 0.29) is 23.9 Å². The first-order valence-electron chi connectivity index (χ1n) is 8.98. The summed E-state index contributed by atoms with van der Waals surface area (Å²) < 4.78 is 5.73. The predicted octanol–water partition coefficient (Wildman–Crippen LogP) is 1.23. The van der Waals surface area contributed by atoms with Crippen molar-refractivity contribution < 1.29 is 9.53 Å². The Morgan fingerprint density at radius 1 is 1.19 bits per heavy atom. The number of rotatable bonds is 4. The molecule has 7 heteroatoms. The van der Waals surface area contributed by atoms with Crippen LogP contribution in [0.15, 0.2) is 43.0 Å². The monoisotopic (exact) mass is 353 g/mol. The summed E-state index contributed by atoms with van der Waals surface area (Å²) in [5.74, 6) is 0.499. The van der Waals surface area contributed by atoms with E-state index in [1.807, 2.05) is 29.4 Å². The highest BCUT2D eigenvalue weighted by Gasteiger charge is 2.46. The van der Waals surface area contributed by atoms with Gasteiger partial charge in [0.1, 0.15) is 0 Å². The van der Waals surface area contributed by atoms with Crippen molar-refractivity contribution in [1.29, 1.82) is 0 Å². The first kappa shape index (κ1) is 17.1. The summed E-state index contributed by atoms with van der Waals surface area (Å²) in [5.41, 5.74) is 1.23. The lowest BCUT2D eigenvalue weighted by Gasteiger charge is -2.40. The normalized spacial score (nSPS) is 25.9. The lowest BCUT2D eigenvalue weighted by molar-refractivity contribution is -0.0160. The van der Waals surface area contributed by atoms with Crippen molar-refractivity contribution in [3.63, 3.8) is 0 Å². The summed E-state index contributed by atoms with van der Waals surface area (Å²) in [6, 6.07) is 5.93. The Morgan fingerprint density at radius 3 is 2.69 bits per heavy atom. The molecule has 1 amide bonds. The number of carbonyl (C=O) groups excluding carboxylic acids is 1. The van der Waals surface area contributed by atoms with Gasteiger partial charge in [-0.2, -0.15) is 0 Å². The van der Waals surface area contributed by atoms with Crippen LogP contribution in [-0.4, -0.2) is 69.5 Å². The van der Waals surface area contributed by atoms with Crippen molar-refractivity contribution in [1.82, 2.24) is 24.8 Å². The Morgan fingerprint density at radius 2 is 1.96 bits per heavy atom. The van der Waals surface area contributed by atoms with Crippen molar-refractivity contribution in [2.45, 2.75) is 25.1 Å². The van der Waals surface area contributed by atoms with Gasteiger partial charge < -0.3 is 9.64 Å². The Bertz CT molecular complexity index is 742. The molecule has 2 fully saturated rings. The van der Waals surface area contributed by atoms with Gasteiger partial charge in [-0.3, -0.25) is 14.7 Å². The Balaban J connectivity index is 1.53. The number of pyridine rings is 1. The van der Waals surface area contributed by atoms with E-state index in [9.17, 15) is 4.79 Å². The molecule has 0 aliphatic carbocycles. The maximum absolute atomic E-state index is 12.9. The van der Waals surface area contributed by atoms with Crippen LogP contribution in [0.4, 0.5) is 0 Å². The van der Waals surface area contributed by atoms with Gasteiger partial charge in [-0.1, -0.05) is 0 Å². The fourth-order valence-corrected chi connectivity index (χ4v) is 4.19. The van der Waals surface area contributed by atoms with E-state index >= 15 is 0 Å². The van der Waals surface area contributed by atoms with Gasteiger partial charge in [0.2, 0.25) is 5.82 Å². The zero-order chi connectivity index (χ0) is 17.9. The lowest BCUT2D eigenvalue weighted by atomic mass is 9.89. The number of amides is 1. The second-order valence-electron chi connectivity index (χ2n) is 6.91. The number of fused-ring (bicyclic) bond motifs is 1. The van der Waals surface area contributed by atoms with Crippen LogP contribution in [0.2, 0.25) is 0 Å². The molecule has 4 rings (SSSR count). The van der Waals surface area contributed by atoms with Crippen LogP contribution < -0.4 is 0 Å². The number of piperidine rings is 1. The maximum atomic E-state index is 12.9. The van der Waals surface area contributed by atoms with E-state index in [2.05, 4.69) is 19.9 Å². The Labute approximate surface area is 153 Å². The molecule has 0 saturated carbocycles. The van der Waals surface area contributed by atoms with Gasteiger partial charge in [0, 0.05) is 64.0 Å². The highest BCUT2D eigenvalue weighted by atomic mass is 16.5. The van der Waals surface area contributed by atoms with Crippen LogP contribution >= 0.6 is 0 Å². The number of aromatic nitrogens is 3. The molecule has 2 saturated heterocycles. The predicted molar refractivity (Wildman–Crippen MR) is 95.3 cm³/mol. The summed E-state index contributed by atoms with van der Waals surface area (Å²) in [5, 5.41) is 0. The minimum Gasteiger partial charge on any atom is -0.381 e. The summed E-state index contributed by atoms with van der Waals surface area (Å²) >= 11 is 0. The van der Waals surface area contributed by atoms with Gasteiger partial charge in [-0.05, 0) is 30.2 Å². The minimum atomic E-state index is -0.0825. The average molecular weight is 353 g/mol. The molecule has 2 aliphatic rings. The van der Waals surface area contributed by atoms with Crippen molar-refractivity contribution >= 4 is 5.91 Å². The van der Waals surface area contributed by atoms with Crippen LogP contribution in [0, 0.1) is 5.92 Å². The molecule has 136 valence electrons. The highest BCUT2D eigenvalue weighted by Crippen LogP contribution is 2.33. The molecule has 2 aromatic rings. The van der Waals surface area contributed by atoms with Crippen LogP contribution in [0.5, 0.6) is 0 Å². The van der Waals surface area contributed by atoms with Gasteiger partial charge in [0.05, 0.1) is 12.1 Å². The molecule has 0 radical (unpaired) electrons. The third-order valence-corrected chi connectivity index (χ3v) is 5.42. The van der Waals surface area contributed by atoms with Crippen molar-refractivity contribution in [3.05, 3.63) is 54.4 Å². The number of methoxy groups -OCH3 is 1. The number of carbonyl (C=O) groups is 1. The Kier molecular flexibility index (Phi) is 4.90. The summed E-state index contributed by atoms with van der Waals surface area (Å²) in [4.78, 5) is 29.6. The lowest BCUT2D eigenvalue weighted by Crippen LogP contribution is -2.53. The Hall–Kier alpha value is -2.38. The standard InChI is InChI=1S/C19H23N5O2/c1-26-17-5-10-24(19(25)18-21-6-2-7-22-18)16-13-23(12-15(16)17)11-14-3-8-20-9-4-14/h2-4,6-9,15-17H,5,10-13H2,1H3/t15-,16+,17-/m1/s1. The molecule has 0 N–H and O–H groups in total. The summed E-state index contributed by atoms with van der Waals surface area (Å²) in [6.45, 7) is 3.30. The second kappa shape index (κ2) is 7.47. The van der Waals surface area contributed by atoms with E-state index in [1.165, 1.54) is 5.56 Å². The molecule has 2 aliphatic heterocycles. The second-order valence-corrected chi connectivity index (χ2v) is 6.91. The highest BCUT2D eigenvalue weighted by molar-refractivity contribution is 5.90. The molecule has 0 aromatic carbocycles. The van der Waals surface area contributed by atoms with E-state index in [0.717, 1.165) is 26.1 Å². The van der Waals surface area contributed by atoms with Gasteiger partial charge in [0.15, 0.2) is 0 Å². The van der Waals surface area contributed by atoms with Crippen LogP contribution in [0.25, 0.3) is 0 Å². The third-order valence-electron chi connectivity index (χ3n) is 5.42. The molecule has 26 heavy (non-hydrogen) atoms. The smallest absolute Gasteiger partial charge is 0.291 e. The number of nitrogens with zero attached hydrogens (tertiary/aromatic N) is 5. The molecular weight excluding hydrogens is 330 g/mol. The SMILES string of the molecule is CO[C@@H]1CCN(C(=O)c2ncccn2)[C@H]2CN(Cc3ccncc3)C[C@@H]12. The number of hydrogen-bond acceptors (Lipinski definition) is 6. The zero-order valence-electron chi connectivity index (χ0n) is 14.9. The molecule has 2 aromatic heterocycles. The van der Waals surface area contributed by atoms with E-state index in [1.54, 1.807) is 25.6 Å². The molecule has 0 bridgehead atoms. The molecule has 0 unspecified atom stereocenters. The number of likely N-dealkylation sites (tertiary alicyclic amines) is 2. The van der Waals surface area contributed by atoms with Gasteiger partial charge in [0.25, 0.3) is 5.91 Å². The topological polar surface area (TPSA) is 71.5 Å². The molecule has 3 atom stereocenters. The van der Waals surface area contributed by atoms with Gasteiger partial charge in [-0.15, -0.1) is 0 Å². The first-order chi connectivity index (χ1) is 12.8. The zero-order valence-corrected chi connectivity index (χ0v) is 14.9. The fourth-order valence-electron chi connectivity index (χ4n) is 4.19. The van der Waals surface area contributed by atoms with Crippen molar-refractivity contribution in [2.75, 3.05) is 26.7 Å². The van der Waals surface area contributed by atoms with E-state index in [0.29, 0.717) is 12.5 Å². The van der Waals surface area contributed by atoms with E-state index in [4.69, 9.17) is 4.74 Å². The van der Waals surface area contributed by atoms with Crippen molar-refractivity contribution in [3.8, 4) is 0 Å². The summed E-state index contributed by atoms with van der Waals surface area (Å²) in [6.07, 6.45) is 7.90. The van der Waals surface area contributed by atoms with Crippen LogP contribution in [0.1, 0.15) is 22.6 Å². The molecule has 0 spiro atoms. The van der Waals surface area contributed by atoms with Crippen LogP contribution in [-0.2, 0) is 11.3 Å². The fraction of sp³-hybridized carbons (Fsp3) is 0.474. The largest absolute Gasteiger partial charge is 0.381 e. The minimum absolute atomic E-state index is 0.0825. The molecule has 7 nitrogen and oxygen atoms in total. The van der Waals surface area contributed by atoms with Crippen LogP contribution in [0.3, 0.4) is 0 Å². The molecular formula is C19H23N5O2. The van der Waals surface area contributed by atoms with Crippen molar-refractivity contribution in [2.24, 2.45) is 5.92 Å². The maximum Gasteiger partial charge on any atom is 0.291 e. The van der Waals surface area contributed by atoms with Gasteiger partial charge in [-0.25, -0.2) is 9.97 Å². The number of ether oxygens (including phenoxy) is 1.